The van der Waals surface area contributed by atoms with Gasteiger partial charge in [-0.2, -0.15) is 0 Å². The topological polar surface area (TPSA) is 83.6 Å². The van der Waals surface area contributed by atoms with Crippen LogP contribution in [0.15, 0.2) is 47.4 Å². The lowest BCUT2D eigenvalue weighted by Gasteiger charge is -2.15. The third-order valence-electron chi connectivity index (χ3n) is 3.40. The Morgan fingerprint density at radius 1 is 1.24 bits per heavy atom. The summed E-state index contributed by atoms with van der Waals surface area (Å²) >= 11 is 0. The van der Waals surface area contributed by atoms with E-state index < -0.39 is 5.41 Å². The molecule has 3 aromatic heterocycles. The minimum atomic E-state index is -1.62. The van der Waals surface area contributed by atoms with Gasteiger partial charge >= 0.3 is 0 Å². The van der Waals surface area contributed by atoms with E-state index in [1.54, 1.807) is 30.3 Å². The van der Waals surface area contributed by atoms with Gasteiger partial charge in [0, 0.05) is 29.7 Å². The van der Waals surface area contributed by atoms with E-state index in [0.29, 0.717) is 28.7 Å². The Balaban J connectivity index is 1.95. The molecule has 3 rings (SSSR count). The zero-order chi connectivity index (χ0) is 18.0. The van der Waals surface area contributed by atoms with Gasteiger partial charge in [-0.25, -0.2) is 14.4 Å². The van der Waals surface area contributed by atoms with E-state index in [1.807, 2.05) is 6.92 Å². The van der Waals surface area contributed by atoms with Gasteiger partial charge in [0.1, 0.15) is 5.82 Å². The predicted molar refractivity (Wildman–Crippen MR) is 98.5 cm³/mol. The second-order valence-electron chi connectivity index (χ2n) is 5.78. The molecular formula is C17H17FN5OP. The third kappa shape index (κ3) is 4.25. The van der Waals surface area contributed by atoms with Crippen molar-refractivity contribution in [2.75, 3.05) is 5.32 Å². The molecule has 0 aliphatic carbocycles. The van der Waals surface area contributed by atoms with Crippen molar-refractivity contribution in [3.8, 4) is 11.5 Å². The van der Waals surface area contributed by atoms with E-state index in [1.165, 1.54) is 19.2 Å². The fourth-order valence-corrected chi connectivity index (χ4v) is 2.41. The molecule has 0 saturated heterocycles. The molecule has 0 saturated carbocycles. The quantitative estimate of drug-likeness (QED) is 0.700. The maximum atomic E-state index is 14.0. The van der Waals surface area contributed by atoms with Crippen LogP contribution < -0.4 is 10.9 Å². The van der Waals surface area contributed by atoms with E-state index in [9.17, 15) is 9.18 Å². The van der Waals surface area contributed by atoms with E-state index >= 15 is 0 Å². The minimum absolute atomic E-state index is 0.224. The first kappa shape index (κ1) is 17.2. The Kier molecular flexibility index (Phi) is 4.59. The normalized spacial score (nSPS) is 13.3. The van der Waals surface area contributed by atoms with Crippen molar-refractivity contribution in [2.45, 2.75) is 19.3 Å². The maximum absolute atomic E-state index is 14.0. The molecule has 0 aliphatic rings. The second-order valence-corrected chi connectivity index (χ2v) is 6.86. The van der Waals surface area contributed by atoms with Crippen molar-refractivity contribution in [3.05, 3.63) is 64.3 Å². The van der Waals surface area contributed by atoms with Gasteiger partial charge in [-0.15, -0.1) is 0 Å². The zero-order valence-electron chi connectivity index (χ0n) is 13.7. The molecule has 2 N–H and O–H groups in total. The predicted octanol–water partition coefficient (Wildman–Crippen LogP) is 3.30. The average Bonchev–Trinajstić information content (AvgIpc) is 2.54. The van der Waals surface area contributed by atoms with Crippen molar-refractivity contribution in [3.63, 3.8) is 0 Å². The molecule has 0 fully saturated rings. The van der Waals surface area contributed by atoms with E-state index in [0.717, 1.165) is 5.69 Å². The van der Waals surface area contributed by atoms with Gasteiger partial charge in [-0.3, -0.25) is 9.78 Å². The highest BCUT2D eigenvalue weighted by Crippen LogP contribution is 2.32. The summed E-state index contributed by atoms with van der Waals surface area (Å²) in [6.45, 7) is 3.25. The maximum Gasteiger partial charge on any atom is 0.248 e. The SMILES string of the molecule is Cc1cc(Nc2ccnc(C(C)(F)P)c2)nc(-c2cccc(=O)[nH]2)n1. The molecule has 2 atom stereocenters. The summed E-state index contributed by atoms with van der Waals surface area (Å²) in [6, 6.07) is 9.90. The number of aryl methyl sites for hydroxylation is 1. The van der Waals surface area contributed by atoms with Crippen LogP contribution in [-0.2, 0) is 5.41 Å². The second kappa shape index (κ2) is 6.69. The number of aromatic amines is 1. The lowest BCUT2D eigenvalue weighted by atomic mass is 10.2. The highest BCUT2D eigenvalue weighted by Gasteiger charge is 2.20. The van der Waals surface area contributed by atoms with Crippen molar-refractivity contribution >= 4 is 20.7 Å². The molecule has 3 heterocycles. The Hall–Kier alpha value is -2.66. The molecular weight excluding hydrogens is 340 g/mol. The monoisotopic (exact) mass is 357 g/mol. The molecule has 0 aromatic carbocycles. The standard InChI is InChI=1S/C17H17FN5OP/c1-10-8-14(21-11-6-7-19-13(9-11)17(2,18)25)23-16(20-10)12-4-3-5-15(24)22-12/h3-9H,25H2,1-2H3,(H,22,24)(H,19,20,21,23). The van der Waals surface area contributed by atoms with Gasteiger partial charge in [0.05, 0.1) is 11.4 Å². The fourth-order valence-electron chi connectivity index (χ4n) is 2.25. The van der Waals surface area contributed by atoms with Crippen molar-refractivity contribution in [2.24, 2.45) is 0 Å². The minimum Gasteiger partial charge on any atom is -0.340 e. The van der Waals surface area contributed by atoms with Crippen LogP contribution in [0, 0.1) is 6.92 Å². The number of hydrogen-bond donors (Lipinski definition) is 2. The smallest absolute Gasteiger partial charge is 0.248 e. The number of H-pyrrole nitrogens is 1. The lowest BCUT2D eigenvalue weighted by molar-refractivity contribution is 0.316. The largest absolute Gasteiger partial charge is 0.340 e. The van der Waals surface area contributed by atoms with E-state index in [-0.39, 0.29) is 5.56 Å². The van der Waals surface area contributed by atoms with Crippen LogP contribution in [0.5, 0.6) is 0 Å². The van der Waals surface area contributed by atoms with Crippen LogP contribution in [-0.4, -0.2) is 19.9 Å². The first-order chi connectivity index (χ1) is 11.8. The molecule has 2 unspecified atom stereocenters. The summed E-state index contributed by atoms with van der Waals surface area (Å²) in [5.74, 6) is 0.935. The van der Waals surface area contributed by atoms with Gasteiger partial charge in [0.2, 0.25) is 5.56 Å². The molecule has 6 nitrogen and oxygen atoms in total. The fraction of sp³-hybridized carbons (Fsp3) is 0.176. The molecule has 0 radical (unpaired) electrons. The van der Waals surface area contributed by atoms with Gasteiger partial charge in [0.25, 0.3) is 0 Å². The van der Waals surface area contributed by atoms with Crippen LogP contribution in [0.3, 0.4) is 0 Å². The van der Waals surface area contributed by atoms with Gasteiger partial charge in [-0.1, -0.05) is 15.3 Å². The number of alkyl halides is 1. The lowest BCUT2D eigenvalue weighted by Crippen LogP contribution is -2.08. The van der Waals surface area contributed by atoms with Gasteiger partial charge < -0.3 is 10.3 Å². The Bertz CT molecular complexity index is 967. The van der Waals surface area contributed by atoms with Crippen molar-refractivity contribution in [1.82, 2.24) is 19.9 Å². The number of nitrogens with zero attached hydrogens (tertiary/aromatic N) is 3. The number of nitrogens with one attached hydrogen (secondary N) is 2. The number of pyridine rings is 2. The Labute approximate surface area is 146 Å². The van der Waals surface area contributed by atoms with Crippen molar-refractivity contribution in [1.29, 1.82) is 0 Å². The number of anilines is 2. The van der Waals surface area contributed by atoms with Gasteiger partial charge in [-0.05, 0) is 32.0 Å². The number of rotatable bonds is 4. The molecule has 128 valence electrons. The number of hydrogen-bond acceptors (Lipinski definition) is 5. The van der Waals surface area contributed by atoms with Crippen LogP contribution in [0.2, 0.25) is 0 Å². The van der Waals surface area contributed by atoms with Crippen LogP contribution in [0.4, 0.5) is 15.9 Å². The highest BCUT2D eigenvalue weighted by atomic mass is 31.0. The molecule has 25 heavy (non-hydrogen) atoms. The van der Waals surface area contributed by atoms with Crippen LogP contribution >= 0.6 is 9.24 Å². The number of aromatic nitrogens is 4. The summed E-state index contributed by atoms with van der Waals surface area (Å²) < 4.78 is 14.0. The van der Waals surface area contributed by atoms with Gasteiger partial charge in [0.15, 0.2) is 11.2 Å². The molecule has 8 heteroatoms. The average molecular weight is 357 g/mol. The highest BCUT2D eigenvalue weighted by molar-refractivity contribution is 7.18. The Morgan fingerprint density at radius 3 is 2.76 bits per heavy atom. The van der Waals surface area contributed by atoms with E-state index in [4.69, 9.17) is 0 Å². The molecule has 0 amide bonds. The molecule has 0 aliphatic heterocycles. The van der Waals surface area contributed by atoms with Crippen LogP contribution in [0.25, 0.3) is 11.5 Å². The van der Waals surface area contributed by atoms with E-state index in [2.05, 4.69) is 34.5 Å². The third-order valence-corrected chi connectivity index (χ3v) is 3.69. The summed E-state index contributed by atoms with van der Waals surface area (Å²) in [5.41, 5.74) is 1.98. The summed E-state index contributed by atoms with van der Waals surface area (Å²) in [6.07, 6.45) is 1.53. The van der Waals surface area contributed by atoms with Crippen LogP contribution in [0.1, 0.15) is 18.3 Å². The van der Waals surface area contributed by atoms with Crippen molar-refractivity contribution < 1.29 is 4.39 Å². The summed E-state index contributed by atoms with van der Waals surface area (Å²) in [5, 5.41) is 1.51. The molecule has 0 bridgehead atoms. The Morgan fingerprint density at radius 2 is 2.04 bits per heavy atom. The molecule has 0 spiro atoms. The summed E-state index contributed by atoms with van der Waals surface area (Å²) in [7, 11) is 2.12. The zero-order valence-corrected chi connectivity index (χ0v) is 14.9. The molecule has 3 aromatic rings. The first-order valence-corrected chi connectivity index (χ1v) is 8.16. The summed E-state index contributed by atoms with van der Waals surface area (Å²) in [4.78, 5) is 27.0. The first-order valence-electron chi connectivity index (χ1n) is 7.58. The number of halogens is 1.